The molecule has 2 rings (SSSR count). The SMILES string of the molecule is CCCN(C(=O)c1cccc(OC)c1OC(F)F)C1CCS(=O)(=O)C1. The molecular weight excluding hydrogens is 356 g/mol. The number of hydrogen-bond acceptors (Lipinski definition) is 5. The van der Waals surface area contributed by atoms with Gasteiger partial charge in [0.05, 0.1) is 24.2 Å². The molecule has 0 radical (unpaired) electrons. The first-order chi connectivity index (χ1) is 11.8. The minimum absolute atomic E-state index is 0.0154. The number of carbonyl (C=O) groups is 1. The molecule has 1 saturated heterocycles. The molecule has 1 amide bonds. The molecule has 1 fully saturated rings. The predicted octanol–water partition coefficient (Wildman–Crippen LogP) is 2.34. The topological polar surface area (TPSA) is 72.9 Å². The summed E-state index contributed by atoms with van der Waals surface area (Å²) in [4.78, 5) is 14.4. The van der Waals surface area contributed by atoms with E-state index in [1.54, 1.807) is 0 Å². The molecule has 1 aliphatic heterocycles. The Hall–Kier alpha value is -1.90. The van der Waals surface area contributed by atoms with Crippen molar-refractivity contribution in [1.29, 1.82) is 0 Å². The van der Waals surface area contributed by atoms with Crippen LogP contribution >= 0.6 is 0 Å². The second-order valence-corrected chi connectivity index (χ2v) is 8.00. The van der Waals surface area contributed by atoms with Gasteiger partial charge in [0.15, 0.2) is 21.3 Å². The van der Waals surface area contributed by atoms with Gasteiger partial charge >= 0.3 is 6.61 Å². The Bertz CT molecular complexity index is 723. The van der Waals surface area contributed by atoms with Crippen LogP contribution in [0.5, 0.6) is 11.5 Å². The third-order valence-electron chi connectivity index (χ3n) is 4.01. The first-order valence-electron chi connectivity index (χ1n) is 7.92. The summed E-state index contributed by atoms with van der Waals surface area (Å²) in [6, 6.07) is 3.82. The smallest absolute Gasteiger partial charge is 0.387 e. The van der Waals surface area contributed by atoms with E-state index in [-0.39, 0.29) is 28.6 Å². The predicted molar refractivity (Wildman–Crippen MR) is 88.0 cm³/mol. The van der Waals surface area contributed by atoms with Crippen LogP contribution in [0.2, 0.25) is 0 Å². The lowest BCUT2D eigenvalue weighted by Gasteiger charge is -2.29. The molecule has 25 heavy (non-hydrogen) atoms. The molecule has 1 aromatic rings. The highest BCUT2D eigenvalue weighted by molar-refractivity contribution is 7.91. The minimum atomic E-state index is -3.19. The number of benzene rings is 1. The summed E-state index contributed by atoms with van der Waals surface area (Å²) >= 11 is 0. The van der Waals surface area contributed by atoms with Gasteiger partial charge in [-0.3, -0.25) is 4.79 Å². The van der Waals surface area contributed by atoms with Crippen LogP contribution in [0.4, 0.5) is 8.78 Å². The number of rotatable bonds is 7. The first-order valence-corrected chi connectivity index (χ1v) is 9.74. The fraction of sp³-hybridized carbons (Fsp3) is 0.562. The van der Waals surface area contributed by atoms with Gasteiger partial charge in [-0.1, -0.05) is 13.0 Å². The van der Waals surface area contributed by atoms with E-state index in [0.717, 1.165) is 0 Å². The number of carbonyl (C=O) groups excluding carboxylic acids is 1. The van der Waals surface area contributed by atoms with Gasteiger partial charge in [0.25, 0.3) is 5.91 Å². The molecule has 1 aromatic carbocycles. The van der Waals surface area contributed by atoms with Gasteiger partial charge in [-0.2, -0.15) is 8.78 Å². The van der Waals surface area contributed by atoms with Gasteiger partial charge < -0.3 is 14.4 Å². The van der Waals surface area contributed by atoms with Crippen LogP contribution < -0.4 is 9.47 Å². The van der Waals surface area contributed by atoms with Crippen molar-refractivity contribution in [2.75, 3.05) is 25.2 Å². The van der Waals surface area contributed by atoms with E-state index < -0.39 is 28.4 Å². The third kappa shape index (κ3) is 4.59. The van der Waals surface area contributed by atoms with E-state index in [1.807, 2.05) is 6.92 Å². The second kappa shape index (κ2) is 7.99. The number of para-hydroxylation sites is 1. The van der Waals surface area contributed by atoms with E-state index in [4.69, 9.17) is 4.74 Å². The van der Waals surface area contributed by atoms with Crippen molar-refractivity contribution in [2.45, 2.75) is 32.4 Å². The lowest BCUT2D eigenvalue weighted by molar-refractivity contribution is -0.0516. The van der Waals surface area contributed by atoms with E-state index in [2.05, 4.69) is 4.74 Å². The molecule has 1 unspecified atom stereocenters. The fourth-order valence-electron chi connectivity index (χ4n) is 2.92. The minimum Gasteiger partial charge on any atom is -0.493 e. The van der Waals surface area contributed by atoms with E-state index >= 15 is 0 Å². The normalized spacial score (nSPS) is 19.0. The number of halogens is 2. The van der Waals surface area contributed by atoms with Crippen LogP contribution in [-0.2, 0) is 9.84 Å². The molecule has 1 heterocycles. The van der Waals surface area contributed by atoms with Gasteiger partial charge in [-0.15, -0.1) is 0 Å². The lowest BCUT2D eigenvalue weighted by Crippen LogP contribution is -2.41. The first kappa shape index (κ1) is 19.4. The summed E-state index contributed by atoms with van der Waals surface area (Å²) in [6.07, 6.45) is 0.945. The molecule has 9 heteroatoms. The molecule has 0 spiro atoms. The van der Waals surface area contributed by atoms with Crippen LogP contribution in [0.15, 0.2) is 18.2 Å². The maximum atomic E-state index is 13.0. The van der Waals surface area contributed by atoms with Crippen molar-refractivity contribution < 1.29 is 31.5 Å². The Labute approximate surface area is 145 Å². The van der Waals surface area contributed by atoms with Crippen molar-refractivity contribution in [3.05, 3.63) is 23.8 Å². The fourth-order valence-corrected chi connectivity index (χ4v) is 4.65. The molecular formula is C16H21F2NO5S. The number of methoxy groups -OCH3 is 1. The molecule has 1 atom stereocenters. The van der Waals surface area contributed by atoms with Crippen molar-refractivity contribution in [3.63, 3.8) is 0 Å². The van der Waals surface area contributed by atoms with Crippen LogP contribution in [0, 0.1) is 0 Å². The van der Waals surface area contributed by atoms with Gasteiger partial charge in [0, 0.05) is 12.6 Å². The third-order valence-corrected chi connectivity index (χ3v) is 5.76. The van der Waals surface area contributed by atoms with Gasteiger partial charge in [-0.05, 0) is 25.0 Å². The monoisotopic (exact) mass is 377 g/mol. The van der Waals surface area contributed by atoms with E-state index in [1.165, 1.54) is 30.2 Å². The molecule has 1 aliphatic rings. The number of sulfone groups is 1. The Kier molecular flexibility index (Phi) is 6.21. The largest absolute Gasteiger partial charge is 0.493 e. The summed E-state index contributed by atoms with van der Waals surface area (Å²) in [5, 5.41) is 0. The van der Waals surface area contributed by atoms with Crippen LogP contribution in [0.1, 0.15) is 30.1 Å². The van der Waals surface area contributed by atoms with Crippen molar-refractivity contribution in [3.8, 4) is 11.5 Å². The summed E-state index contributed by atoms with van der Waals surface area (Å²) in [7, 11) is -1.90. The zero-order valence-electron chi connectivity index (χ0n) is 14.1. The molecule has 140 valence electrons. The quantitative estimate of drug-likeness (QED) is 0.729. The van der Waals surface area contributed by atoms with Gasteiger partial charge in [-0.25, -0.2) is 8.42 Å². The lowest BCUT2D eigenvalue weighted by atomic mass is 10.1. The second-order valence-electron chi connectivity index (χ2n) is 5.77. The average molecular weight is 377 g/mol. The Morgan fingerprint density at radius 3 is 2.64 bits per heavy atom. The summed E-state index contributed by atoms with van der Waals surface area (Å²) in [5.41, 5.74) is -0.0719. The van der Waals surface area contributed by atoms with E-state index in [0.29, 0.717) is 19.4 Å². The number of alkyl halides is 2. The maximum Gasteiger partial charge on any atom is 0.387 e. The zero-order chi connectivity index (χ0) is 18.6. The maximum absolute atomic E-state index is 13.0. The summed E-state index contributed by atoms with van der Waals surface area (Å²) in [6.45, 7) is -0.940. The van der Waals surface area contributed by atoms with Crippen molar-refractivity contribution in [2.24, 2.45) is 0 Å². The molecule has 6 nitrogen and oxygen atoms in total. The highest BCUT2D eigenvalue weighted by atomic mass is 32.2. The summed E-state index contributed by atoms with van der Waals surface area (Å²) < 4.78 is 58.5. The number of nitrogens with zero attached hydrogens (tertiary/aromatic N) is 1. The van der Waals surface area contributed by atoms with Gasteiger partial charge in [0.2, 0.25) is 0 Å². The number of hydrogen-bond donors (Lipinski definition) is 0. The zero-order valence-corrected chi connectivity index (χ0v) is 14.9. The molecule has 0 N–H and O–H groups in total. The van der Waals surface area contributed by atoms with Crippen molar-refractivity contribution >= 4 is 15.7 Å². The molecule has 0 aliphatic carbocycles. The Balaban J connectivity index is 2.39. The standard InChI is InChI=1S/C16H21F2NO5S/c1-3-8-19(11-7-9-25(21,22)10-11)15(20)12-5-4-6-13(23-2)14(12)24-16(17)18/h4-6,11,16H,3,7-10H2,1-2H3. The van der Waals surface area contributed by atoms with Crippen molar-refractivity contribution in [1.82, 2.24) is 4.90 Å². The van der Waals surface area contributed by atoms with Crippen LogP contribution in [-0.4, -0.2) is 57.0 Å². The average Bonchev–Trinajstić information content (AvgIpc) is 2.91. The number of ether oxygens (including phenoxy) is 2. The van der Waals surface area contributed by atoms with Crippen LogP contribution in [0.3, 0.4) is 0 Å². The molecule has 0 bridgehead atoms. The highest BCUT2D eigenvalue weighted by Gasteiger charge is 2.36. The van der Waals surface area contributed by atoms with Gasteiger partial charge in [0.1, 0.15) is 0 Å². The molecule has 0 saturated carbocycles. The molecule has 0 aromatic heterocycles. The summed E-state index contributed by atoms with van der Waals surface area (Å²) in [5.74, 6) is -0.968. The highest BCUT2D eigenvalue weighted by Crippen LogP contribution is 2.34. The Morgan fingerprint density at radius 2 is 2.12 bits per heavy atom. The number of amides is 1. The van der Waals surface area contributed by atoms with E-state index in [9.17, 15) is 22.0 Å². The van der Waals surface area contributed by atoms with Crippen LogP contribution in [0.25, 0.3) is 0 Å². The Morgan fingerprint density at radius 1 is 1.40 bits per heavy atom.